The number of fused-ring (bicyclic) bond motifs is 5. The topological polar surface area (TPSA) is 17.1 Å². The van der Waals surface area contributed by atoms with Crippen molar-refractivity contribution in [2.45, 2.75) is 0 Å². The van der Waals surface area contributed by atoms with Crippen molar-refractivity contribution in [3.8, 4) is 0 Å². The van der Waals surface area contributed by atoms with Gasteiger partial charge in [0, 0.05) is 5.56 Å². The Morgan fingerprint density at radius 1 is 0.667 bits per heavy atom. The maximum atomic E-state index is 11.3. The average molecular weight is 291 g/mol. The lowest BCUT2D eigenvalue weighted by Crippen LogP contribution is -1.87. The van der Waals surface area contributed by atoms with E-state index < -0.39 is 0 Å². The molecule has 21 heavy (non-hydrogen) atoms. The van der Waals surface area contributed by atoms with E-state index in [1.807, 2.05) is 24.3 Å². The molecule has 0 aliphatic rings. The van der Waals surface area contributed by atoms with Crippen molar-refractivity contribution < 1.29 is 4.79 Å². The number of aldehydes is 1. The Kier molecular flexibility index (Phi) is 2.69. The molecule has 1 nitrogen and oxygen atoms in total. The highest BCUT2D eigenvalue weighted by atomic mass is 35.5. The molecule has 0 unspecified atom stereocenters. The van der Waals surface area contributed by atoms with Gasteiger partial charge in [-0.1, -0.05) is 66.2 Å². The Morgan fingerprint density at radius 3 is 2.14 bits per heavy atom. The van der Waals surface area contributed by atoms with E-state index in [1.54, 1.807) is 6.07 Å². The Hall–Kier alpha value is -2.38. The highest BCUT2D eigenvalue weighted by molar-refractivity contribution is 6.35. The van der Waals surface area contributed by atoms with Gasteiger partial charge in [0.1, 0.15) is 0 Å². The standard InChI is InChI=1S/C19H11ClO/c20-19-10-9-16-15-6-5-12-3-1-2-4-13(12)14(15)7-8-17(16)18(19)11-21/h1-11H. The number of hydrogen-bond donors (Lipinski definition) is 0. The normalized spacial score (nSPS) is 11.3. The van der Waals surface area contributed by atoms with Gasteiger partial charge >= 0.3 is 0 Å². The molecule has 0 N–H and O–H groups in total. The SMILES string of the molecule is O=Cc1c(Cl)ccc2c1ccc1c3ccccc3ccc21. The minimum absolute atomic E-state index is 0.498. The fourth-order valence-corrected chi connectivity index (χ4v) is 3.23. The first kappa shape index (κ1) is 12.4. The van der Waals surface area contributed by atoms with Gasteiger partial charge in [-0.2, -0.15) is 0 Å². The van der Waals surface area contributed by atoms with Crippen molar-refractivity contribution in [3.63, 3.8) is 0 Å². The molecule has 4 aromatic carbocycles. The molecule has 100 valence electrons. The molecule has 0 saturated carbocycles. The number of carbonyl (C=O) groups excluding carboxylic acids is 1. The second-order valence-corrected chi connectivity index (χ2v) is 5.53. The molecule has 4 rings (SSSR count). The van der Waals surface area contributed by atoms with Crippen LogP contribution in [-0.4, -0.2) is 6.29 Å². The van der Waals surface area contributed by atoms with Crippen LogP contribution in [0, 0.1) is 0 Å². The molecule has 0 aromatic heterocycles. The van der Waals surface area contributed by atoms with E-state index in [1.165, 1.54) is 16.2 Å². The summed E-state index contributed by atoms with van der Waals surface area (Å²) in [6.45, 7) is 0. The second-order valence-electron chi connectivity index (χ2n) is 5.12. The van der Waals surface area contributed by atoms with Crippen molar-refractivity contribution in [1.82, 2.24) is 0 Å². The predicted octanol–water partition coefficient (Wildman–Crippen LogP) is 5.61. The van der Waals surface area contributed by atoms with E-state index in [9.17, 15) is 4.79 Å². The van der Waals surface area contributed by atoms with Crippen LogP contribution in [0.15, 0.2) is 60.7 Å². The summed E-state index contributed by atoms with van der Waals surface area (Å²) < 4.78 is 0. The highest BCUT2D eigenvalue weighted by Crippen LogP contribution is 2.34. The van der Waals surface area contributed by atoms with Crippen LogP contribution in [-0.2, 0) is 0 Å². The zero-order valence-electron chi connectivity index (χ0n) is 11.1. The molecule has 2 heteroatoms. The van der Waals surface area contributed by atoms with Crippen molar-refractivity contribution in [1.29, 1.82) is 0 Å². The Bertz CT molecular complexity index is 1020. The van der Waals surface area contributed by atoms with Crippen LogP contribution in [0.4, 0.5) is 0 Å². The quantitative estimate of drug-likeness (QED) is 0.329. The van der Waals surface area contributed by atoms with Gasteiger partial charge in [-0.15, -0.1) is 0 Å². The minimum atomic E-state index is 0.498. The van der Waals surface area contributed by atoms with Crippen molar-refractivity contribution in [2.75, 3.05) is 0 Å². The van der Waals surface area contributed by atoms with Gasteiger partial charge in [0.05, 0.1) is 5.02 Å². The van der Waals surface area contributed by atoms with Gasteiger partial charge in [0.25, 0.3) is 0 Å². The number of benzene rings is 4. The molecule has 0 saturated heterocycles. The molecular formula is C19H11ClO. The number of rotatable bonds is 1. The maximum absolute atomic E-state index is 11.3. The molecule has 0 heterocycles. The summed E-state index contributed by atoms with van der Waals surface area (Å²) in [5.74, 6) is 0. The average Bonchev–Trinajstić information content (AvgIpc) is 2.54. The molecule has 0 atom stereocenters. The van der Waals surface area contributed by atoms with Crippen LogP contribution in [0.25, 0.3) is 32.3 Å². The fourth-order valence-electron chi connectivity index (χ4n) is 3.02. The molecule has 0 radical (unpaired) electrons. The largest absolute Gasteiger partial charge is 0.298 e. The van der Waals surface area contributed by atoms with E-state index in [0.29, 0.717) is 10.6 Å². The summed E-state index contributed by atoms with van der Waals surface area (Å²) in [7, 11) is 0. The smallest absolute Gasteiger partial charge is 0.152 e. The van der Waals surface area contributed by atoms with Gasteiger partial charge in [-0.25, -0.2) is 0 Å². The van der Waals surface area contributed by atoms with E-state index >= 15 is 0 Å². The molecule has 0 bridgehead atoms. The lowest BCUT2D eigenvalue weighted by molar-refractivity contribution is 0.112. The fraction of sp³-hybridized carbons (Fsp3) is 0. The molecule has 0 aliphatic heterocycles. The monoisotopic (exact) mass is 290 g/mol. The van der Waals surface area contributed by atoms with E-state index in [2.05, 4.69) is 30.3 Å². The number of carbonyl (C=O) groups is 1. The van der Waals surface area contributed by atoms with Crippen molar-refractivity contribution >= 4 is 50.2 Å². The summed E-state index contributed by atoms with van der Waals surface area (Å²) >= 11 is 6.12. The third kappa shape index (κ3) is 1.75. The lowest BCUT2D eigenvalue weighted by Gasteiger charge is -2.09. The van der Waals surface area contributed by atoms with E-state index in [-0.39, 0.29) is 0 Å². The number of halogens is 1. The third-order valence-electron chi connectivity index (χ3n) is 4.03. The highest BCUT2D eigenvalue weighted by Gasteiger charge is 2.09. The predicted molar refractivity (Wildman–Crippen MR) is 89.4 cm³/mol. The van der Waals surface area contributed by atoms with E-state index in [4.69, 9.17) is 11.6 Å². The molecule has 0 aliphatic carbocycles. The van der Waals surface area contributed by atoms with Gasteiger partial charge in [0.2, 0.25) is 0 Å². The molecule has 0 fully saturated rings. The molecule has 4 aromatic rings. The molecule has 0 spiro atoms. The Morgan fingerprint density at radius 2 is 1.29 bits per heavy atom. The summed E-state index contributed by atoms with van der Waals surface area (Å²) in [6, 6.07) is 20.4. The first-order valence-corrected chi connectivity index (χ1v) is 7.15. The van der Waals surface area contributed by atoms with Crippen molar-refractivity contribution in [3.05, 3.63) is 71.2 Å². The van der Waals surface area contributed by atoms with Gasteiger partial charge in [0.15, 0.2) is 6.29 Å². The lowest BCUT2D eigenvalue weighted by atomic mass is 9.95. The Balaban J connectivity index is 2.25. The van der Waals surface area contributed by atoms with Gasteiger partial charge in [-0.3, -0.25) is 4.79 Å². The summed E-state index contributed by atoms with van der Waals surface area (Å²) in [5, 5.41) is 7.24. The molecule has 0 amide bonds. The first-order valence-electron chi connectivity index (χ1n) is 6.77. The van der Waals surface area contributed by atoms with Crippen LogP contribution < -0.4 is 0 Å². The zero-order chi connectivity index (χ0) is 14.4. The van der Waals surface area contributed by atoms with Crippen LogP contribution in [0.2, 0.25) is 5.02 Å². The van der Waals surface area contributed by atoms with Gasteiger partial charge in [-0.05, 0) is 38.4 Å². The second kappa shape index (κ2) is 4.57. The summed E-state index contributed by atoms with van der Waals surface area (Å²) in [4.78, 5) is 11.3. The van der Waals surface area contributed by atoms with Crippen LogP contribution in [0.5, 0.6) is 0 Å². The zero-order valence-corrected chi connectivity index (χ0v) is 11.9. The first-order chi connectivity index (χ1) is 10.3. The summed E-state index contributed by atoms with van der Waals surface area (Å²) in [5.41, 5.74) is 0.559. The maximum Gasteiger partial charge on any atom is 0.152 e. The van der Waals surface area contributed by atoms with E-state index in [0.717, 1.165) is 22.4 Å². The minimum Gasteiger partial charge on any atom is -0.298 e. The molecular weight excluding hydrogens is 280 g/mol. The van der Waals surface area contributed by atoms with Crippen molar-refractivity contribution in [2.24, 2.45) is 0 Å². The van der Waals surface area contributed by atoms with Crippen LogP contribution in [0.1, 0.15) is 10.4 Å². The summed E-state index contributed by atoms with van der Waals surface area (Å²) in [6.07, 6.45) is 0.831. The van der Waals surface area contributed by atoms with Crippen LogP contribution in [0.3, 0.4) is 0 Å². The van der Waals surface area contributed by atoms with Gasteiger partial charge < -0.3 is 0 Å². The number of hydrogen-bond acceptors (Lipinski definition) is 1. The van der Waals surface area contributed by atoms with Crippen LogP contribution >= 0.6 is 11.6 Å². The third-order valence-corrected chi connectivity index (χ3v) is 4.36. The Labute approximate surface area is 126 Å².